The van der Waals surface area contributed by atoms with Crippen molar-refractivity contribution in [3.05, 3.63) is 64.1 Å². The van der Waals surface area contributed by atoms with E-state index in [0.29, 0.717) is 11.1 Å². The molecule has 1 aromatic carbocycles. The number of carboxylic acids is 1. The molecule has 1 atom stereocenters. The van der Waals surface area contributed by atoms with Crippen LogP contribution in [0.15, 0.2) is 47.4 Å². The molecule has 0 aliphatic heterocycles. The molecule has 92 valence electrons. The Morgan fingerprint density at radius 3 is 2.56 bits per heavy atom. The maximum Gasteiger partial charge on any atom is 0.333 e. The number of carboxylic acid groups (broad SMARTS) is 1. The summed E-state index contributed by atoms with van der Waals surface area (Å²) in [7, 11) is 0. The van der Waals surface area contributed by atoms with Crippen LogP contribution in [0.3, 0.4) is 0 Å². The molecule has 0 radical (unpaired) electrons. The second-order valence-electron chi connectivity index (χ2n) is 3.97. The van der Waals surface area contributed by atoms with Crippen LogP contribution in [0.25, 0.3) is 0 Å². The third-order valence-corrected chi connectivity index (χ3v) is 2.56. The van der Waals surface area contributed by atoms with Crippen molar-refractivity contribution in [1.29, 1.82) is 0 Å². The Kier molecular flexibility index (Phi) is 3.23. The smallest absolute Gasteiger partial charge is 0.333 e. The summed E-state index contributed by atoms with van der Waals surface area (Å²) in [6.45, 7) is 1.73. The average molecular weight is 244 g/mol. The van der Waals surface area contributed by atoms with Gasteiger partial charge in [-0.3, -0.25) is 4.79 Å². The fraction of sp³-hybridized carbons (Fsp3) is 0.154. The number of carbonyl (C=O) groups is 1. The summed E-state index contributed by atoms with van der Waals surface area (Å²) in [4.78, 5) is 23.1. The van der Waals surface area contributed by atoms with E-state index in [0.717, 1.165) is 4.68 Å². The summed E-state index contributed by atoms with van der Waals surface area (Å²) in [6.07, 6.45) is 1.47. The molecule has 1 N–H and O–H groups in total. The van der Waals surface area contributed by atoms with Crippen LogP contribution in [0.5, 0.6) is 0 Å². The number of nitrogens with zero attached hydrogens (tertiary/aromatic N) is 2. The number of aromatic nitrogens is 2. The third-order valence-electron chi connectivity index (χ3n) is 2.56. The quantitative estimate of drug-likeness (QED) is 0.881. The zero-order chi connectivity index (χ0) is 13.1. The highest BCUT2D eigenvalue weighted by molar-refractivity contribution is 5.75. The first kappa shape index (κ1) is 12.0. The molecule has 2 rings (SSSR count). The molecule has 1 heterocycles. The summed E-state index contributed by atoms with van der Waals surface area (Å²) in [5.74, 6) is -1.11. The molecule has 2 aromatic rings. The number of aliphatic carboxylic acids is 1. The van der Waals surface area contributed by atoms with Crippen LogP contribution >= 0.6 is 0 Å². The zero-order valence-electron chi connectivity index (χ0n) is 9.78. The molecule has 5 heteroatoms. The second kappa shape index (κ2) is 4.83. The van der Waals surface area contributed by atoms with Gasteiger partial charge in [0.1, 0.15) is 0 Å². The summed E-state index contributed by atoms with van der Waals surface area (Å²) in [6, 6.07) is 8.83. The van der Waals surface area contributed by atoms with Gasteiger partial charge in [0.05, 0.1) is 6.20 Å². The van der Waals surface area contributed by atoms with E-state index in [1.54, 1.807) is 37.3 Å². The highest BCUT2D eigenvalue weighted by Gasteiger charge is 2.23. The maximum absolute atomic E-state index is 11.8. The Hall–Kier alpha value is -2.43. The van der Waals surface area contributed by atoms with Gasteiger partial charge in [0.2, 0.25) is 0 Å². The topological polar surface area (TPSA) is 72.2 Å². The summed E-state index contributed by atoms with van der Waals surface area (Å²) in [5.41, 5.74) is 0.795. The highest BCUT2D eigenvalue weighted by atomic mass is 16.4. The molecule has 0 saturated carbocycles. The average Bonchev–Trinajstić information content (AvgIpc) is 2.33. The third kappa shape index (κ3) is 2.29. The molecular formula is C13H12N2O3. The van der Waals surface area contributed by atoms with Crippen LogP contribution in [-0.2, 0) is 4.79 Å². The molecule has 5 nitrogen and oxygen atoms in total. The van der Waals surface area contributed by atoms with Gasteiger partial charge in [-0.05, 0) is 18.1 Å². The summed E-state index contributed by atoms with van der Waals surface area (Å²) >= 11 is 0. The molecule has 0 saturated heterocycles. The SMILES string of the molecule is Cc1cnn(C(C(=O)O)c2ccccc2)c(=O)c1. The Labute approximate surface area is 103 Å². The van der Waals surface area contributed by atoms with Gasteiger partial charge in [-0.25, -0.2) is 9.48 Å². The van der Waals surface area contributed by atoms with Gasteiger partial charge < -0.3 is 5.11 Å². The Bertz CT molecular complexity index is 620. The minimum Gasteiger partial charge on any atom is -0.479 e. The lowest BCUT2D eigenvalue weighted by molar-refractivity contribution is -0.139. The maximum atomic E-state index is 11.8. The van der Waals surface area contributed by atoms with Gasteiger partial charge in [0, 0.05) is 6.07 Å². The second-order valence-corrected chi connectivity index (χ2v) is 3.97. The molecule has 0 aliphatic carbocycles. The molecule has 0 aliphatic rings. The number of rotatable bonds is 3. The number of aryl methyl sites for hydroxylation is 1. The fourth-order valence-electron chi connectivity index (χ4n) is 1.73. The van der Waals surface area contributed by atoms with E-state index < -0.39 is 17.6 Å². The summed E-state index contributed by atoms with van der Waals surface area (Å²) in [5, 5.41) is 13.2. The lowest BCUT2D eigenvalue weighted by Crippen LogP contribution is -2.32. The molecule has 0 spiro atoms. The largest absolute Gasteiger partial charge is 0.479 e. The van der Waals surface area contributed by atoms with E-state index in [-0.39, 0.29) is 0 Å². The first-order chi connectivity index (χ1) is 8.59. The van der Waals surface area contributed by atoms with Crippen molar-refractivity contribution >= 4 is 5.97 Å². The lowest BCUT2D eigenvalue weighted by atomic mass is 10.1. The van der Waals surface area contributed by atoms with Crippen LogP contribution in [0.4, 0.5) is 0 Å². The van der Waals surface area contributed by atoms with E-state index in [4.69, 9.17) is 0 Å². The predicted molar refractivity (Wildman–Crippen MR) is 65.5 cm³/mol. The monoisotopic (exact) mass is 244 g/mol. The number of hydrogen-bond donors (Lipinski definition) is 1. The van der Waals surface area contributed by atoms with Crippen LogP contribution in [0, 0.1) is 6.92 Å². The minimum absolute atomic E-state index is 0.425. The van der Waals surface area contributed by atoms with Crippen molar-refractivity contribution < 1.29 is 9.90 Å². The van der Waals surface area contributed by atoms with Crippen molar-refractivity contribution in [3.63, 3.8) is 0 Å². The van der Waals surface area contributed by atoms with Gasteiger partial charge in [-0.15, -0.1) is 0 Å². The van der Waals surface area contributed by atoms with Crippen LogP contribution < -0.4 is 5.56 Å². The molecule has 1 aromatic heterocycles. The zero-order valence-corrected chi connectivity index (χ0v) is 9.78. The normalized spacial score (nSPS) is 12.1. The number of benzene rings is 1. The van der Waals surface area contributed by atoms with Crippen molar-refractivity contribution in [2.75, 3.05) is 0 Å². The minimum atomic E-state index is -1.11. The fourth-order valence-corrected chi connectivity index (χ4v) is 1.73. The van der Waals surface area contributed by atoms with Crippen molar-refractivity contribution in [3.8, 4) is 0 Å². The van der Waals surface area contributed by atoms with E-state index in [2.05, 4.69) is 5.10 Å². The molecule has 1 unspecified atom stereocenters. The van der Waals surface area contributed by atoms with E-state index in [1.165, 1.54) is 12.3 Å². The Morgan fingerprint density at radius 1 is 1.33 bits per heavy atom. The highest BCUT2D eigenvalue weighted by Crippen LogP contribution is 2.15. The van der Waals surface area contributed by atoms with Gasteiger partial charge in [-0.1, -0.05) is 30.3 Å². The van der Waals surface area contributed by atoms with Crippen LogP contribution in [0.1, 0.15) is 17.2 Å². The van der Waals surface area contributed by atoms with Crippen molar-refractivity contribution in [1.82, 2.24) is 9.78 Å². The van der Waals surface area contributed by atoms with E-state index in [1.807, 2.05) is 0 Å². The standard InChI is InChI=1S/C13H12N2O3/c1-9-7-11(16)15(14-8-9)12(13(17)18)10-5-3-2-4-6-10/h2-8,12H,1H3,(H,17,18). The molecular weight excluding hydrogens is 232 g/mol. The van der Waals surface area contributed by atoms with E-state index in [9.17, 15) is 14.7 Å². The molecule has 18 heavy (non-hydrogen) atoms. The first-order valence-corrected chi connectivity index (χ1v) is 5.43. The van der Waals surface area contributed by atoms with Crippen molar-refractivity contribution in [2.24, 2.45) is 0 Å². The first-order valence-electron chi connectivity index (χ1n) is 5.43. The van der Waals surface area contributed by atoms with Gasteiger partial charge in [-0.2, -0.15) is 5.10 Å². The van der Waals surface area contributed by atoms with Gasteiger partial charge in [0.15, 0.2) is 6.04 Å². The van der Waals surface area contributed by atoms with Crippen LogP contribution in [0.2, 0.25) is 0 Å². The summed E-state index contributed by atoms with van der Waals surface area (Å²) < 4.78 is 0.977. The van der Waals surface area contributed by atoms with Gasteiger partial charge in [0.25, 0.3) is 5.56 Å². The lowest BCUT2D eigenvalue weighted by Gasteiger charge is -2.14. The van der Waals surface area contributed by atoms with E-state index >= 15 is 0 Å². The van der Waals surface area contributed by atoms with Crippen LogP contribution in [-0.4, -0.2) is 20.9 Å². The predicted octanol–water partition coefficient (Wildman–Crippen LogP) is 1.23. The number of hydrogen-bond acceptors (Lipinski definition) is 3. The molecule has 0 amide bonds. The van der Waals surface area contributed by atoms with Crippen molar-refractivity contribution in [2.45, 2.75) is 13.0 Å². The Morgan fingerprint density at radius 2 is 2.00 bits per heavy atom. The Balaban J connectivity index is 2.56. The molecule has 0 bridgehead atoms. The van der Waals surface area contributed by atoms with Gasteiger partial charge >= 0.3 is 5.97 Å². The molecule has 0 fully saturated rings.